The van der Waals surface area contributed by atoms with Gasteiger partial charge in [0.1, 0.15) is 7.22 Å². The minimum atomic E-state index is -1.34. The fourth-order valence-electron chi connectivity index (χ4n) is 0.574. The monoisotopic (exact) mass is 222 g/mol. The molecule has 0 aromatic carbocycles. The maximum atomic E-state index is 9.24. The summed E-state index contributed by atoms with van der Waals surface area (Å²) in [5.41, 5.74) is 0. The zero-order chi connectivity index (χ0) is 10.7. The van der Waals surface area contributed by atoms with Crippen molar-refractivity contribution in [2.75, 3.05) is 12.4 Å². The maximum absolute atomic E-state index is 9.24. The van der Waals surface area contributed by atoms with E-state index in [1.807, 2.05) is 11.2 Å². The Morgan fingerprint density at radius 2 is 1.77 bits per heavy atom. The molecule has 0 radical (unpaired) electrons. The molecule has 0 amide bonds. The van der Waals surface area contributed by atoms with Crippen LogP contribution in [0.15, 0.2) is 0 Å². The predicted molar refractivity (Wildman–Crippen MR) is 62.7 cm³/mol. The molecule has 0 fully saturated rings. The molecular formula is C9H22O2SSi. The molecule has 1 atom stereocenters. The summed E-state index contributed by atoms with van der Waals surface area (Å²) in [6.45, 7) is 11.2. The maximum Gasteiger partial charge on any atom is 0.116 e. The van der Waals surface area contributed by atoms with Gasteiger partial charge in [0.25, 0.3) is 0 Å². The fourth-order valence-corrected chi connectivity index (χ4v) is 4.85. The molecule has 0 aliphatic heterocycles. The van der Waals surface area contributed by atoms with E-state index >= 15 is 0 Å². The van der Waals surface area contributed by atoms with Gasteiger partial charge in [-0.2, -0.15) is 11.2 Å². The molecule has 0 rings (SSSR count). The highest BCUT2D eigenvalue weighted by molar-refractivity contribution is 8.29. The van der Waals surface area contributed by atoms with Gasteiger partial charge in [-0.25, -0.2) is 0 Å². The van der Waals surface area contributed by atoms with E-state index in [1.54, 1.807) is 0 Å². The highest BCUT2D eigenvalue weighted by Gasteiger charge is 2.35. The Hall–Kier alpha value is 0.487. The molecule has 0 saturated heterocycles. The summed E-state index contributed by atoms with van der Waals surface area (Å²) in [6, 6.07) is 0. The molecular weight excluding hydrogens is 200 g/mol. The quantitative estimate of drug-likeness (QED) is 0.716. The van der Waals surface area contributed by atoms with Gasteiger partial charge in [0.15, 0.2) is 0 Å². The summed E-state index contributed by atoms with van der Waals surface area (Å²) in [5.74, 6) is 0.660. The molecule has 0 bridgehead atoms. The van der Waals surface area contributed by atoms with Crippen molar-refractivity contribution in [2.24, 2.45) is 0 Å². The van der Waals surface area contributed by atoms with Crippen LogP contribution < -0.4 is 0 Å². The van der Waals surface area contributed by atoms with Gasteiger partial charge in [0.2, 0.25) is 0 Å². The van der Waals surface area contributed by atoms with E-state index in [9.17, 15) is 5.11 Å². The first-order chi connectivity index (χ1) is 5.70. The highest BCUT2D eigenvalue weighted by atomic mass is 32.4. The Balaban J connectivity index is 4.04. The lowest BCUT2D eigenvalue weighted by atomic mass is 10.2. The van der Waals surface area contributed by atoms with Gasteiger partial charge < -0.3 is 10.2 Å². The van der Waals surface area contributed by atoms with Gasteiger partial charge in [-0.15, -0.1) is 0 Å². The smallest absolute Gasteiger partial charge is 0.116 e. The standard InChI is InChI=1S/C9H22O2SSi/c1-9(2,3)13(4,5)12-7-8(11)6-10/h8,10-11H,6-7H2,1-5H3. The van der Waals surface area contributed by atoms with Crippen LogP contribution in [0.4, 0.5) is 0 Å². The van der Waals surface area contributed by atoms with Gasteiger partial charge in [-0.1, -0.05) is 33.9 Å². The minimum absolute atomic E-state index is 0.123. The Bertz CT molecular complexity index is 154. The summed E-state index contributed by atoms with van der Waals surface area (Å²) >= 11 is 1.85. The van der Waals surface area contributed by atoms with Crippen LogP contribution in [0.25, 0.3) is 0 Å². The first-order valence-electron chi connectivity index (χ1n) is 4.63. The number of hydrogen-bond acceptors (Lipinski definition) is 3. The molecule has 0 aromatic heterocycles. The van der Waals surface area contributed by atoms with E-state index in [-0.39, 0.29) is 6.61 Å². The van der Waals surface area contributed by atoms with Gasteiger partial charge in [-0.3, -0.25) is 0 Å². The van der Waals surface area contributed by atoms with Crippen LogP contribution >= 0.6 is 11.2 Å². The van der Waals surface area contributed by atoms with Crippen molar-refractivity contribution in [1.29, 1.82) is 0 Å². The first kappa shape index (κ1) is 13.5. The Kier molecular flexibility index (Phi) is 5.00. The van der Waals surface area contributed by atoms with Crippen molar-refractivity contribution < 1.29 is 10.2 Å². The third kappa shape index (κ3) is 4.49. The molecule has 4 heteroatoms. The number of aliphatic hydroxyl groups excluding tert-OH is 2. The summed E-state index contributed by atoms with van der Waals surface area (Å²) < 4.78 is 0. The molecule has 0 spiro atoms. The fraction of sp³-hybridized carbons (Fsp3) is 1.00. The minimum Gasteiger partial charge on any atom is -0.394 e. The van der Waals surface area contributed by atoms with Crippen LogP contribution in [0.5, 0.6) is 0 Å². The van der Waals surface area contributed by atoms with E-state index in [1.165, 1.54) is 0 Å². The topological polar surface area (TPSA) is 40.5 Å². The molecule has 80 valence electrons. The van der Waals surface area contributed by atoms with E-state index < -0.39 is 13.3 Å². The SMILES string of the molecule is CC(C)(C)[Si](C)(C)SCC(O)CO. The zero-order valence-corrected chi connectivity index (χ0v) is 11.1. The Morgan fingerprint density at radius 1 is 1.31 bits per heavy atom. The Labute approximate surface area is 86.4 Å². The molecule has 13 heavy (non-hydrogen) atoms. The van der Waals surface area contributed by atoms with E-state index in [0.29, 0.717) is 10.8 Å². The molecule has 2 nitrogen and oxygen atoms in total. The molecule has 0 aliphatic rings. The summed E-state index contributed by atoms with van der Waals surface area (Å²) in [6.07, 6.45) is -0.556. The average molecular weight is 222 g/mol. The van der Waals surface area contributed by atoms with Crippen LogP contribution in [-0.2, 0) is 0 Å². The number of aliphatic hydroxyl groups is 2. The number of hydrogen-bond donors (Lipinski definition) is 2. The lowest BCUT2D eigenvalue weighted by Crippen LogP contribution is -2.35. The van der Waals surface area contributed by atoms with Crippen molar-refractivity contribution in [3.63, 3.8) is 0 Å². The van der Waals surface area contributed by atoms with Crippen LogP contribution in [0.3, 0.4) is 0 Å². The lowest BCUT2D eigenvalue weighted by molar-refractivity contribution is 0.114. The van der Waals surface area contributed by atoms with Gasteiger partial charge in [0, 0.05) is 5.75 Å². The van der Waals surface area contributed by atoms with E-state index in [4.69, 9.17) is 5.11 Å². The summed E-state index contributed by atoms with van der Waals surface area (Å²) in [4.78, 5) is 0. The summed E-state index contributed by atoms with van der Waals surface area (Å²) in [5, 5.41) is 18.3. The lowest BCUT2D eigenvalue weighted by Gasteiger charge is -2.36. The van der Waals surface area contributed by atoms with Crippen molar-refractivity contribution in [3.8, 4) is 0 Å². The molecule has 1 unspecified atom stereocenters. The van der Waals surface area contributed by atoms with Crippen LogP contribution in [-0.4, -0.2) is 35.9 Å². The molecule has 0 aromatic rings. The largest absolute Gasteiger partial charge is 0.394 e. The normalized spacial score (nSPS) is 15.9. The number of rotatable bonds is 4. The second-order valence-corrected chi connectivity index (χ2v) is 14.0. The average Bonchev–Trinajstić information content (AvgIpc) is 1.98. The Morgan fingerprint density at radius 3 is 2.08 bits per heavy atom. The second kappa shape index (κ2) is 4.82. The zero-order valence-electron chi connectivity index (χ0n) is 9.29. The molecule has 0 saturated carbocycles. The molecule has 2 N–H and O–H groups in total. The van der Waals surface area contributed by atoms with E-state index in [2.05, 4.69) is 33.9 Å². The highest BCUT2D eigenvalue weighted by Crippen LogP contribution is 2.43. The van der Waals surface area contributed by atoms with Crippen LogP contribution in [0, 0.1) is 0 Å². The van der Waals surface area contributed by atoms with Crippen molar-refractivity contribution in [1.82, 2.24) is 0 Å². The first-order valence-corrected chi connectivity index (χ1v) is 9.34. The van der Waals surface area contributed by atoms with Crippen molar-refractivity contribution in [3.05, 3.63) is 0 Å². The van der Waals surface area contributed by atoms with Gasteiger partial charge >= 0.3 is 0 Å². The second-order valence-electron chi connectivity index (χ2n) is 4.91. The predicted octanol–water partition coefficient (Wildman–Crippen LogP) is 2.08. The van der Waals surface area contributed by atoms with Crippen LogP contribution in [0.1, 0.15) is 20.8 Å². The molecule has 0 heterocycles. The van der Waals surface area contributed by atoms with Crippen molar-refractivity contribution in [2.45, 2.75) is 45.0 Å². The van der Waals surface area contributed by atoms with Crippen molar-refractivity contribution >= 4 is 18.4 Å². The van der Waals surface area contributed by atoms with Gasteiger partial charge in [-0.05, 0) is 5.04 Å². The van der Waals surface area contributed by atoms with E-state index in [0.717, 1.165) is 0 Å². The van der Waals surface area contributed by atoms with Crippen LogP contribution in [0.2, 0.25) is 18.1 Å². The third-order valence-electron chi connectivity index (χ3n) is 2.65. The summed E-state index contributed by atoms with van der Waals surface area (Å²) in [7, 11) is -1.34. The molecule has 0 aliphatic carbocycles. The van der Waals surface area contributed by atoms with Gasteiger partial charge in [0.05, 0.1) is 12.7 Å². The third-order valence-corrected chi connectivity index (χ3v) is 12.0.